The van der Waals surface area contributed by atoms with Crippen molar-refractivity contribution in [1.29, 1.82) is 0 Å². The first-order valence-corrected chi connectivity index (χ1v) is 9.48. The number of ether oxygens (including phenoxy) is 1. The van der Waals surface area contributed by atoms with E-state index in [4.69, 9.17) is 4.74 Å². The first kappa shape index (κ1) is 18.8. The van der Waals surface area contributed by atoms with Crippen molar-refractivity contribution in [2.75, 3.05) is 12.4 Å². The second kappa shape index (κ2) is 7.13. The van der Waals surface area contributed by atoms with E-state index in [9.17, 15) is 4.79 Å². The molecule has 6 heteroatoms. The lowest BCUT2D eigenvalue weighted by Crippen LogP contribution is -2.13. The van der Waals surface area contributed by atoms with E-state index in [0.717, 1.165) is 39.2 Å². The maximum atomic E-state index is 13.1. The van der Waals surface area contributed by atoms with Gasteiger partial charge >= 0.3 is 0 Å². The van der Waals surface area contributed by atoms with Crippen LogP contribution in [0, 0.1) is 27.7 Å². The number of nitrogens with one attached hydrogen (secondary N) is 2. The predicted octanol–water partition coefficient (Wildman–Crippen LogP) is 4.85. The summed E-state index contributed by atoms with van der Waals surface area (Å²) in [6, 6.07) is 11.4. The molecule has 0 bridgehead atoms. The minimum Gasteiger partial charge on any atom is -0.497 e. The van der Waals surface area contributed by atoms with Crippen LogP contribution in [-0.4, -0.2) is 27.6 Å². The van der Waals surface area contributed by atoms with Crippen molar-refractivity contribution >= 4 is 22.5 Å². The minimum absolute atomic E-state index is 0.172. The van der Waals surface area contributed by atoms with Gasteiger partial charge in [-0.2, -0.15) is 0 Å². The fraction of sp³-hybridized carbons (Fsp3) is 0.217. The molecule has 0 atom stereocenters. The zero-order valence-electron chi connectivity index (χ0n) is 17.3. The van der Waals surface area contributed by atoms with Gasteiger partial charge < -0.3 is 19.6 Å². The topological polar surface area (TPSA) is 71.9 Å². The zero-order valence-corrected chi connectivity index (χ0v) is 17.3. The van der Waals surface area contributed by atoms with Crippen LogP contribution < -0.4 is 10.1 Å². The zero-order chi connectivity index (χ0) is 20.7. The fourth-order valence-corrected chi connectivity index (χ4v) is 3.54. The molecule has 4 rings (SSSR count). The summed E-state index contributed by atoms with van der Waals surface area (Å²) in [5.74, 6) is 0.489. The monoisotopic (exact) mass is 388 g/mol. The highest BCUT2D eigenvalue weighted by molar-refractivity contribution is 6.12. The molecule has 4 aromatic rings. The Kier molecular flexibility index (Phi) is 4.62. The molecule has 0 fully saturated rings. The van der Waals surface area contributed by atoms with Crippen molar-refractivity contribution in [2.45, 2.75) is 27.7 Å². The maximum Gasteiger partial charge on any atom is 0.257 e. The Hall–Kier alpha value is -3.54. The summed E-state index contributed by atoms with van der Waals surface area (Å²) < 4.78 is 7.43. The van der Waals surface area contributed by atoms with Crippen molar-refractivity contribution in [2.24, 2.45) is 0 Å². The molecule has 2 aromatic heterocycles. The van der Waals surface area contributed by atoms with Crippen molar-refractivity contribution in [1.82, 2.24) is 14.5 Å². The highest BCUT2D eigenvalue weighted by Crippen LogP contribution is 2.28. The van der Waals surface area contributed by atoms with Gasteiger partial charge in [-0.05, 0) is 45.4 Å². The largest absolute Gasteiger partial charge is 0.497 e. The highest BCUT2D eigenvalue weighted by atomic mass is 16.5. The van der Waals surface area contributed by atoms with Gasteiger partial charge in [-0.25, -0.2) is 4.98 Å². The molecule has 0 saturated heterocycles. The van der Waals surface area contributed by atoms with E-state index >= 15 is 0 Å². The summed E-state index contributed by atoms with van der Waals surface area (Å²) in [7, 11) is 1.61. The average Bonchev–Trinajstić information content (AvgIpc) is 3.20. The minimum atomic E-state index is -0.172. The standard InChI is InChI=1S/C23H24N4O2/c1-13-14(2)25-22-20(13)7-6-8-21(22)23(28)26-17-9-18(11-19(10-17)29-5)27-12-24-15(3)16(27)4/h6-12,25H,1-5H3,(H,26,28). The molecule has 2 aromatic carbocycles. The van der Waals surface area contributed by atoms with E-state index in [1.807, 2.05) is 61.7 Å². The van der Waals surface area contributed by atoms with Gasteiger partial charge in [0.15, 0.2) is 0 Å². The summed E-state index contributed by atoms with van der Waals surface area (Å²) in [6.07, 6.45) is 1.77. The summed E-state index contributed by atoms with van der Waals surface area (Å²) >= 11 is 0. The van der Waals surface area contributed by atoms with Gasteiger partial charge in [-0.15, -0.1) is 0 Å². The van der Waals surface area contributed by atoms with E-state index < -0.39 is 0 Å². The summed E-state index contributed by atoms with van der Waals surface area (Å²) in [6.45, 7) is 8.05. The van der Waals surface area contributed by atoms with E-state index in [1.165, 1.54) is 0 Å². The Morgan fingerprint density at radius 2 is 1.93 bits per heavy atom. The van der Waals surface area contributed by atoms with Crippen molar-refractivity contribution in [3.8, 4) is 11.4 Å². The van der Waals surface area contributed by atoms with Gasteiger partial charge in [0, 0.05) is 34.6 Å². The van der Waals surface area contributed by atoms with Gasteiger partial charge in [0.2, 0.25) is 0 Å². The number of rotatable bonds is 4. The normalized spacial score (nSPS) is 11.1. The average molecular weight is 388 g/mol. The number of hydrogen-bond acceptors (Lipinski definition) is 3. The first-order valence-electron chi connectivity index (χ1n) is 9.48. The SMILES string of the molecule is COc1cc(NC(=O)c2cccc3c(C)c(C)[nH]c23)cc(-n2cnc(C)c2C)c1. The van der Waals surface area contributed by atoms with Crippen LogP contribution in [0.25, 0.3) is 16.6 Å². The first-order chi connectivity index (χ1) is 13.9. The number of aromatic amines is 1. The molecule has 0 aliphatic rings. The number of aryl methyl sites for hydroxylation is 3. The summed E-state index contributed by atoms with van der Waals surface area (Å²) in [5.41, 5.74) is 7.22. The maximum absolute atomic E-state index is 13.1. The number of anilines is 1. The number of methoxy groups -OCH3 is 1. The van der Waals surface area contributed by atoms with Crippen molar-refractivity contribution in [3.63, 3.8) is 0 Å². The number of benzene rings is 2. The molecule has 0 unspecified atom stereocenters. The van der Waals surface area contributed by atoms with Crippen LogP contribution in [0.15, 0.2) is 42.7 Å². The Morgan fingerprint density at radius 3 is 2.62 bits per heavy atom. The smallest absolute Gasteiger partial charge is 0.257 e. The number of carbonyl (C=O) groups excluding carboxylic acids is 1. The van der Waals surface area contributed by atoms with Crippen LogP contribution in [0.4, 0.5) is 5.69 Å². The molecule has 0 aliphatic heterocycles. The fourth-order valence-electron chi connectivity index (χ4n) is 3.54. The molecular weight excluding hydrogens is 364 g/mol. The Balaban J connectivity index is 1.73. The predicted molar refractivity (Wildman–Crippen MR) is 115 cm³/mol. The lowest BCUT2D eigenvalue weighted by atomic mass is 10.1. The Morgan fingerprint density at radius 1 is 1.14 bits per heavy atom. The molecule has 0 spiro atoms. The summed E-state index contributed by atoms with van der Waals surface area (Å²) in [4.78, 5) is 20.8. The van der Waals surface area contributed by atoms with Crippen molar-refractivity contribution < 1.29 is 9.53 Å². The van der Waals surface area contributed by atoms with Crippen LogP contribution >= 0.6 is 0 Å². The number of fused-ring (bicyclic) bond motifs is 1. The van der Waals surface area contributed by atoms with Crippen LogP contribution in [-0.2, 0) is 0 Å². The third-order valence-corrected chi connectivity index (χ3v) is 5.50. The number of para-hydroxylation sites is 1. The second-order valence-electron chi connectivity index (χ2n) is 7.26. The summed E-state index contributed by atoms with van der Waals surface area (Å²) in [5, 5.41) is 4.08. The number of carbonyl (C=O) groups is 1. The van der Waals surface area contributed by atoms with Gasteiger partial charge in [-0.3, -0.25) is 4.79 Å². The van der Waals surface area contributed by atoms with Gasteiger partial charge in [0.05, 0.1) is 35.9 Å². The Labute approximate surface area is 169 Å². The number of hydrogen-bond donors (Lipinski definition) is 2. The van der Waals surface area contributed by atoms with Crippen molar-refractivity contribution in [3.05, 3.63) is 70.9 Å². The molecule has 0 saturated carbocycles. The number of aromatic nitrogens is 3. The molecule has 148 valence electrons. The van der Waals surface area contributed by atoms with Crippen LogP contribution in [0.5, 0.6) is 5.75 Å². The third-order valence-electron chi connectivity index (χ3n) is 5.50. The van der Waals surface area contributed by atoms with E-state index in [1.54, 1.807) is 13.4 Å². The van der Waals surface area contributed by atoms with Crippen LogP contribution in [0.1, 0.15) is 33.0 Å². The number of H-pyrrole nitrogens is 1. The lowest BCUT2D eigenvalue weighted by molar-refractivity contribution is 0.102. The highest BCUT2D eigenvalue weighted by Gasteiger charge is 2.15. The quantitative estimate of drug-likeness (QED) is 0.525. The lowest BCUT2D eigenvalue weighted by Gasteiger charge is -2.13. The molecule has 1 amide bonds. The number of imidazole rings is 1. The van der Waals surface area contributed by atoms with Crippen LogP contribution in [0.3, 0.4) is 0 Å². The molecule has 6 nitrogen and oxygen atoms in total. The van der Waals surface area contributed by atoms with E-state index in [2.05, 4.69) is 22.2 Å². The second-order valence-corrected chi connectivity index (χ2v) is 7.26. The Bertz CT molecular complexity index is 1230. The molecular formula is C23H24N4O2. The van der Waals surface area contributed by atoms with E-state index in [-0.39, 0.29) is 5.91 Å². The molecule has 0 aliphatic carbocycles. The van der Waals surface area contributed by atoms with Crippen LogP contribution in [0.2, 0.25) is 0 Å². The molecule has 0 radical (unpaired) electrons. The van der Waals surface area contributed by atoms with Gasteiger partial charge in [0.1, 0.15) is 5.75 Å². The molecule has 2 heterocycles. The van der Waals surface area contributed by atoms with E-state index in [0.29, 0.717) is 17.0 Å². The number of amides is 1. The third kappa shape index (κ3) is 3.27. The van der Waals surface area contributed by atoms with Gasteiger partial charge in [-0.1, -0.05) is 12.1 Å². The molecule has 2 N–H and O–H groups in total. The van der Waals surface area contributed by atoms with Gasteiger partial charge in [0.25, 0.3) is 5.91 Å². The molecule has 29 heavy (non-hydrogen) atoms. The number of nitrogens with zero attached hydrogens (tertiary/aromatic N) is 2.